The molecule has 0 aliphatic carbocycles. The van der Waals surface area contributed by atoms with Crippen LogP contribution in [0.25, 0.3) is 16.9 Å². The van der Waals surface area contributed by atoms with Crippen molar-refractivity contribution in [3.63, 3.8) is 0 Å². The minimum Gasteiger partial charge on any atom is -0.378 e. The van der Waals surface area contributed by atoms with Gasteiger partial charge in [0.1, 0.15) is 11.5 Å². The Balaban J connectivity index is 1.37. The molecule has 0 unspecified atom stereocenters. The van der Waals surface area contributed by atoms with Gasteiger partial charge in [0.25, 0.3) is 5.91 Å². The summed E-state index contributed by atoms with van der Waals surface area (Å²) in [6.07, 6.45) is 3.62. The van der Waals surface area contributed by atoms with Gasteiger partial charge in [-0.15, -0.1) is 0 Å². The first kappa shape index (κ1) is 22.8. The molecule has 178 valence electrons. The molecule has 5 rings (SSSR count). The van der Waals surface area contributed by atoms with Gasteiger partial charge in [0.15, 0.2) is 0 Å². The monoisotopic (exact) mass is 467 g/mol. The van der Waals surface area contributed by atoms with Gasteiger partial charge in [-0.2, -0.15) is 5.10 Å². The molecule has 0 saturated carbocycles. The lowest BCUT2D eigenvalue weighted by molar-refractivity contribution is 0.0951. The highest BCUT2D eigenvalue weighted by Gasteiger charge is 2.19. The summed E-state index contributed by atoms with van der Waals surface area (Å²) in [5.41, 5.74) is 6.33. The third kappa shape index (κ3) is 5.10. The van der Waals surface area contributed by atoms with Crippen LogP contribution in [0.5, 0.6) is 0 Å². The molecule has 2 aromatic heterocycles. The van der Waals surface area contributed by atoms with Crippen LogP contribution in [-0.2, 0) is 11.3 Å². The van der Waals surface area contributed by atoms with Gasteiger partial charge in [0, 0.05) is 37.6 Å². The van der Waals surface area contributed by atoms with E-state index < -0.39 is 0 Å². The van der Waals surface area contributed by atoms with E-state index in [1.165, 1.54) is 5.56 Å². The minimum atomic E-state index is -0.169. The van der Waals surface area contributed by atoms with Crippen molar-refractivity contribution in [2.45, 2.75) is 20.4 Å². The van der Waals surface area contributed by atoms with Crippen LogP contribution in [0.1, 0.15) is 27.0 Å². The minimum absolute atomic E-state index is 0.169. The van der Waals surface area contributed by atoms with Gasteiger partial charge in [0.2, 0.25) is 0 Å². The molecule has 0 radical (unpaired) electrons. The van der Waals surface area contributed by atoms with Crippen LogP contribution in [0.2, 0.25) is 0 Å². The van der Waals surface area contributed by atoms with Crippen molar-refractivity contribution in [2.75, 3.05) is 31.2 Å². The Kier molecular flexibility index (Phi) is 6.59. The highest BCUT2D eigenvalue weighted by molar-refractivity contribution is 6.00. The van der Waals surface area contributed by atoms with E-state index in [-0.39, 0.29) is 5.91 Å². The summed E-state index contributed by atoms with van der Waals surface area (Å²) in [6, 6.07) is 20.0. The molecule has 2 aromatic carbocycles. The second kappa shape index (κ2) is 10.1. The number of hydrogen-bond donors (Lipinski definition) is 1. The van der Waals surface area contributed by atoms with E-state index in [0.29, 0.717) is 17.8 Å². The molecule has 4 aromatic rings. The predicted octanol–water partition coefficient (Wildman–Crippen LogP) is 4.32. The first-order valence-electron chi connectivity index (χ1n) is 11.9. The Morgan fingerprint density at radius 3 is 2.51 bits per heavy atom. The number of para-hydroxylation sites is 1. The summed E-state index contributed by atoms with van der Waals surface area (Å²) >= 11 is 0. The summed E-state index contributed by atoms with van der Waals surface area (Å²) in [5, 5.41) is 7.84. The zero-order valence-corrected chi connectivity index (χ0v) is 20.1. The fraction of sp³-hybridized carbons (Fsp3) is 0.250. The predicted molar refractivity (Wildman–Crippen MR) is 137 cm³/mol. The number of aromatic nitrogens is 3. The lowest BCUT2D eigenvalue weighted by atomic mass is 10.0. The Labute approximate surface area is 205 Å². The number of nitrogens with zero attached hydrogens (tertiary/aromatic N) is 4. The summed E-state index contributed by atoms with van der Waals surface area (Å²) in [7, 11) is 0. The fourth-order valence-electron chi connectivity index (χ4n) is 4.13. The quantitative estimate of drug-likeness (QED) is 0.457. The van der Waals surface area contributed by atoms with E-state index in [0.717, 1.165) is 54.5 Å². The van der Waals surface area contributed by atoms with Crippen LogP contribution in [0, 0.1) is 13.8 Å². The number of carbonyl (C=O) groups is 1. The molecular weight excluding hydrogens is 438 g/mol. The van der Waals surface area contributed by atoms with Gasteiger partial charge in [-0.3, -0.25) is 4.79 Å². The smallest absolute Gasteiger partial charge is 0.255 e. The van der Waals surface area contributed by atoms with Crippen molar-refractivity contribution in [1.82, 2.24) is 20.1 Å². The van der Waals surface area contributed by atoms with Crippen molar-refractivity contribution >= 4 is 11.7 Å². The van der Waals surface area contributed by atoms with E-state index in [2.05, 4.69) is 41.2 Å². The molecule has 1 aliphatic heterocycles. The zero-order valence-electron chi connectivity index (χ0n) is 20.1. The maximum absolute atomic E-state index is 13.3. The maximum Gasteiger partial charge on any atom is 0.255 e. The van der Waals surface area contributed by atoms with Gasteiger partial charge in [-0.1, -0.05) is 36.4 Å². The SMILES string of the molecule is Cc1ccc(-c2nn(-c3ccccc3)cc2C(=O)NCc2ccc(N3CCOCC3)nc2)cc1C. The standard InChI is InChI=1S/C28H29N5O2/c1-20-8-10-23(16-21(20)2)27-25(19-33(31-27)24-6-4-3-5-7-24)28(34)30-18-22-9-11-26(29-17-22)32-12-14-35-15-13-32/h3-11,16-17,19H,12-15,18H2,1-2H3,(H,30,34). The number of aryl methyl sites for hydroxylation is 2. The first-order valence-corrected chi connectivity index (χ1v) is 11.9. The van der Waals surface area contributed by atoms with Crippen molar-refractivity contribution < 1.29 is 9.53 Å². The van der Waals surface area contributed by atoms with Crippen molar-refractivity contribution in [3.05, 3.63) is 95.3 Å². The van der Waals surface area contributed by atoms with Gasteiger partial charge in [-0.25, -0.2) is 9.67 Å². The third-order valence-electron chi connectivity index (χ3n) is 6.36. The normalized spacial score (nSPS) is 13.6. The van der Waals surface area contributed by atoms with Crippen molar-refractivity contribution in [3.8, 4) is 16.9 Å². The molecular formula is C28H29N5O2. The van der Waals surface area contributed by atoms with E-state index in [1.54, 1.807) is 10.9 Å². The number of benzene rings is 2. The van der Waals surface area contributed by atoms with Gasteiger partial charge < -0.3 is 15.0 Å². The van der Waals surface area contributed by atoms with E-state index in [9.17, 15) is 4.79 Å². The number of pyridine rings is 1. The zero-order chi connectivity index (χ0) is 24.2. The average Bonchev–Trinajstić information content (AvgIpc) is 3.36. The van der Waals surface area contributed by atoms with Crippen molar-refractivity contribution in [2.24, 2.45) is 0 Å². The third-order valence-corrected chi connectivity index (χ3v) is 6.36. The number of morpholine rings is 1. The molecule has 7 heteroatoms. The van der Waals surface area contributed by atoms with Gasteiger partial charge >= 0.3 is 0 Å². The molecule has 1 N–H and O–H groups in total. The van der Waals surface area contributed by atoms with Crippen LogP contribution >= 0.6 is 0 Å². The second-order valence-corrected chi connectivity index (χ2v) is 8.78. The second-order valence-electron chi connectivity index (χ2n) is 8.78. The largest absolute Gasteiger partial charge is 0.378 e. The van der Waals surface area contributed by atoms with E-state index in [4.69, 9.17) is 9.84 Å². The number of nitrogens with one attached hydrogen (secondary N) is 1. The number of ether oxygens (including phenoxy) is 1. The number of carbonyl (C=O) groups excluding carboxylic acids is 1. The maximum atomic E-state index is 13.3. The Bertz CT molecular complexity index is 1310. The van der Waals surface area contributed by atoms with Gasteiger partial charge in [0.05, 0.1) is 24.5 Å². The Hall–Kier alpha value is -3.97. The molecule has 1 amide bonds. The molecule has 0 atom stereocenters. The number of anilines is 1. The number of rotatable bonds is 6. The molecule has 1 aliphatic rings. The molecule has 1 saturated heterocycles. The molecule has 0 bridgehead atoms. The highest BCUT2D eigenvalue weighted by atomic mass is 16.5. The highest BCUT2D eigenvalue weighted by Crippen LogP contribution is 2.26. The van der Waals surface area contributed by atoms with E-state index >= 15 is 0 Å². The molecule has 3 heterocycles. The van der Waals surface area contributed by atoms with Crippen LogP contribution in [0.15, 0.2) is 73.1 Å². The molecule has 35 heavy (non-hydrogen) atoms. The van der Waals surface area contributed by atoms with Crippen LogP contribution in [-0.4, -0.2) is 47.0 Å². The lowest BCUT2D eigenvalue weighted by Gasteiger charge is -2.27. The number of amides is 1. The first-order chi connectivity index (χ1) is 17.1. The summed E-state index contributed by atoms with van der Waals surface area (Å²) in [6.45, 7) is 7.66. The Morgan fingerprint density at radius 2 is 1.80 bits per heavy atom. The molecule has 7 nitrogen and oxygen atoms in total. The van der Waals surface area contributed by atoms with Crippen LogP contribution in [0.3, 0.4) is 0 Å². The summed E-state index contributed by atoms with van der Waals surface area (Å²) in [4.78, 5) is 20.1. The Morgan fingerprint density at radius 1 is 1.00 bits per heavy atom. The molecule has 1 fully saturated rings. The van der Waals surface area contributed by atoms with Crippen LogP contribution < -0.4 is 10.2 Å². The average molecular weight is 468 g/mol. The lowest BCUT2D eigenvalue weighted by Crippen LogP contribution is -2.36. The topological polar surface area (TPSA) is 72.3 Å². The van der Waals surface area contributed by atoms with Crippen molar-refractivity contribution in [1.29, 1.82) is 0 Å². The van der Waals surface area contributed by atoms with Gasteiger partial charge in [-0.05, 0) is 54.8 Å². The fourth-order valence-corrected chi connectivity index (χ4v) is 4.13. The summed E-state index contributed by atoms with van der Waals surface area (Å²) < 4.78 is 7.17. The van der Waals surface area contributed by atoms with Crippen LogP contribution in [0.4, 0.5) is 5.82 Å². The summed E-state index contributed by atoms with van der Waals surface area (Å²) in [5.74, 6) is 0.766. The van der Waals surface area contributed by atoms with E-state index in [1.807, 2.05) is 54.7 Å². The number of hydrogen-bond acceptors (Lipinski definition) is 5. The molecule has 0 spiro atoms.